The molecule has 0 aliphatic rings. The molecule has 0 unspecified atom stereocenters. The monoisotopic (exact) mass is 359 g/mol. The van der Waals surface area contributed by atoms with Crippen LogP contribution in [-0.4, -0.2) is 15.7 Å². The molecular formula is C19H16F3N3O. The minimum atomic E-state index is -4.49. The Balaban J connectivity index is 1.69. The van der Waals surface area contributed by atoms with Crippen LogP contribution in [0.2, 0.25) is 0 Å². The molecule has 2 aromatic carbocycles. The highest BCUT2D eigenvalue weighted by molar-refractivity contribution is 6.03. The molecule has 3 rings (SSSR count). The fourth-order valence-corrected chi connectivity index (χ4v) is 2.42. The number of halogens is 3. The van der Waals surface area contributed by atoms with Gasteiger partial charge in [-0.15, -0.1) is 0 Å². The van der Waals surface area contributed by atoms with E-state index >= 15 is 0 Å². The molecule has 7 heteroatoms. The Morgan fingerprint density at radius 2 is 1.85 bits per heavy atom. The number of aromatic nitrogens is 2. The molecule has 0 aliphatic carbocycles. The molecule has 26 heavy (non-hydrogen) atoms. The number of rotatable bonds is 4. The van der Waals surface area contributed by atoms with Crippen LogP contribution in [0.4, 0.5) is 19.0 Å². The summed E-state index contributed by atoms with van der Waals surface area (Å²) in [7, 11) is 0. The lowest BCUT2D eigenvalue weighted by Crippen LogP contribution is -2.14. The van der Waals surface area contributed by atoms with Gasteiger partial charge in [0.05, 0.1) is 12.1 Å². The maximum Gasteiger partial charge on any atom is 0.416 e. The van der Waals surface area contributed by atoms with Gasteiger partial charge in [-0.2, -0.15) is 18.3 Å². The molecule has 0 radical (unpaired) electrons. The molecule has 3 aromatic rings. The predicted molar refractivity (Wildman–Crippen MR) is 91.9 cm³/mol. The van der Waals surface area contributed by atoms with Crippen LogP contribution in [-0.2, 0) is 12.7 Å². The number of hydrogen-bond acceptors (Lipinski definition) is 2. The Morgan fingerprint density at radius 3 is 2.54 bits per heavy atom. The molecule has 1 N–H and O–H groups in total. The summed E-state index contributed by atoms with van der Waals surface area (Å²) in [5.74, 6) is -0.365. The third-order valence-corrected chi connectivity index (χ3v) is 3.80. The van der Waals surface area contributed by atoms with E-state index in [2.05, 4.69) is 10.4 Å². The van der Waals surface area contributed by atoms with Crippen LogP contribution in [0.25, 0.3) is 0 Å². The molecule has 0 bridgehead atoms. The normalized spacial score (nSPS) is 11.4. The Hall–Kier alpha value is -3.09. The average Bonchev–Trinajstić information content (AvgIpc) is 3.03. The van der Waals surface area contributed by atoms with E-state index in [1.807, 2.05) is 31.2 Å². The Labute approximate surface area is 148 Å². The van der Waals surface area contributed by atoms with Gasteiger partial charge in [0, 0.05) is 17.8 Å². The minimum Gasteiger partial charge on any atom is -0.305 e. The molecule has 0 aliphatic heterocycles. The molecule has 1 amide bonds. The van der Waals surface area contributed by atoms with Crippen molar-refractivity contribution in [3.05, 3.63) is 83.0 Å². The summed E-state index contributed by atoms with van der Waals surface area (Å²) >= 11 is 0. The van der Waals surface area contributed by atoms with Crippen LogP contribution < -0.4 is 5.32 Å². The average molecular weight is 359 g/mol. The SMILES string of the molecule is Cc1ccc(Cn2ccc(NC(=O)c3cccc(C(F)(F)F)c3)n2)cc1. The number of carbonyl (C=O) groups excluding carboxylic acids is 1. The molecule has 0 fully saturated rings. The van der Waals surface area contributed by atoms with Gasteiger partial charge in [0.1, 0.15) is 0 Å². The van der Waals surface area contributed by atoms with Crippen molar-refractivity contribution >= 4 is 11.7 Å². The zero-order valence-corrected chi connectivity index (χ0v) is 13.9. The smallest absolute Gasteiger partial charge is 0.305 e. The van der Waals surface area contributed by atoms with E-state index in [1.54, 1.807) is 16.9 Å². The van der Waals surface area contributed by atoms with Crippen molar-refractivity contribution in [1.29, 1.82) is 0 Å². The first-order valence-corrected chi connectivity index (χ1v) is 7.89. The van der Waals surface area contributed by atoms with Gasteiger partial charge in [0.15, 0.2) is 5.82 Å². The number of hydrogen-bond donors (Lipinski definition) is 1. The summed E-state index contributed by atoms with van der Waals surface area (Å²) in [6.07, 6.45) is -2.80. The Bertz CT molecular complexity index is 914. The molecular weight excluding hydrogens is 343 g/mol. The lowest BCUT2D eigenvalue weighted by Gasteiger charge is -2.08. The number of anilines is 1. The van der Waals surface area contributed by atoms with E-state index in [4.69, 9.17) is 0 Å². The van der Waals surface area contributed by atoms with E-state index in [-0.39, 0.29) is 11.4 Å². The van der Waals surface area contributed by atoms with Gasteiger partial charge in [0.25, 0.3) is 5.91 Å². The first-order chi connectivity index (χ1) is 12.3. The number of benzene rings is 2. The maximum absolute atomic E-state index is 12.7. The van der Waals surface area contributed by atoms with Gasteiger partial charge >= 0.3 is 6.18 Å². The van der Waals surface area contributed by atoms with Gasteiger partial charge < -0.3 is 5.32 Å². The maximum atomic E-state index is 12.7. The molecule has 134 valence electrons. The fourth-order valence-electron chi connectivity index (χ4n) is 2.42. The van der Waals surface area contributed by atoms with Crippen molar-refractivity contribution in [1.82, 2.24) is 9.78 Å². The van der Waals surface area contributed by atoms with Crippen LogP contribution in [0.3, 0.4) is 0 Å². The van der Waals surface area contributed by atoms with E-state index < -0.39 is 17.6 Å². The lowest BCUT2D eigenvalue weighted by molar-refractivity contribution is -0.137. The lowest BCUT2D eigenvalue weighted by atomic mass is 10.1. The highest BCUT2D eigenvalue weighted by Crippen LogP contribution is 2.29. The number of nitrogens with zero attached hydrogens (tertiary/aromatic N) is 2. The van der Waals surface area contributed by atoms with E-state index in [0.29, 0.717) is 6.54 Å². The third kappa shape index (κ3) is 4.30. The molecule has 0 saturated heterocycles. The molecule has 4 nitrogen and oxygen atoms in total. The second-order valence-electron chi connectivity index (χ2n) is 5.92. The van der Waals surface area contributed by atoms with Crippen molar-refractivity contribution in [3.8, 4) is 0 Å². The first kappa shape index (κ1) is 17.7. The highest BCUT2D eigenvalue weighted by Gasteiger charge is 2.30. The summed E-state index contributed by atoms with van der Waals surface area (Å²) in [6.45, 7) is 2.53. The third-order valence-electron chi connectivity index (χ3n) is 3.80. The zero-order chi connectivity index (χ0) is 18.7. The van der Waals surface area contributed by atoms with Gasteiger partial charge in [0.2, 0.25) is 0 Å². The quantitative estimate of drug-likeness (QED) is 0.745. The van der Waals surface area contributed by atoms with Gasteiger partial charge in [-0.05, 0) is 30.7 Å². The molecule has 0 spiro atoms. The molecule has 1 aromatic heterocycles. The summed E-state index contributed by atoms with van der Waals surface area (Å²) in [4.78, 5) is 12.2. The van der Waals surface area contributed by atoms with Crippen LogP contribution in [0.15, 0.2) is 60.8 Å². The van der Waals surface area contributed by atoms with E-state index in [0.717, 1.165) is 23.3 Å². The molecule has 0 saturated carbocycles. The second-order valence-corrected chi connectivity index (χ2v) is 5.92. The Morgan fingerprint density at radius 1 is 1.12 bits per heavy atom. The van der Waals surface area contributed by atoms with E-state index in [9.17, 15) is 18.0 Å². The predicted octanol–water partition coefficient (Wildman–Crippen LogP) is 4.51. The molecule has 0 atom stereocenters. The largest absolute Gasteiger partial charge is 0.416 e. The van der Waals surface area contributed by atoms with Crippen molar-refractivity contribution in [3.63, 3.8) is 0 Å². The number of aryl methyl sites for hydroxylation is 1. The van der Waals surface area contributed by atoms with Crippen LogP contribution in [0.1, 0.15) is 27.0 Å². The van der Waals surface area contributed by atoms with Crippen molar-refractivity contribution < 1.29 is 18.0 Å². The number of alkyl halides is 3. The number of carbonyl (C=O) groups is 1. The van der Waals surface area contributed by atoms with Crippen molar-refractivity contribution in [2.24, 2.45) is 0 Å². The number of amides is 1. The Kier molecular flexibility index (Phi) is 4.79. The standard InChI is InChI=1S/C19H16F3N3O/c1-13-5-7-14(8-6-13)12-25-10-9-17(24-25)23-18(26)15-3-2-4-16(11-15)19(20,21)22/h2-11H,12H2,1H3,(H,23,24,26). The second kappa shape index (κ2) is 7.03. The van der Waals surface area contributed by atoms with Gasteiger partial charge in [-0.3, -0.25) is 9.48 Å². The van der Waals surface area contributed by atoms with Crippen molar-refractivity contribution in [2.45, 2.75) is 19.6 Å². The zero-order valence-electron chi connectivity index (χ0n) is 13.9. The summed E-state index contributed by atoms with van der Waals surface area (Å²) < 4.78 is 39.9. The highest BCUT2D eigenvalue weighted by atomic mass is 19.4. The van der Waals surface area contributed by atoms with Crippen LogP contribution in [0, 0.1) is 6.92 Å². The van der Waals surface area contributed by atoms with Crippen LogP contribution in [0.5, 0.6) is 0 Å². The van der Waals surface area contributed by atoms with E-state index in [1.165, 1.54) is 12.1 Å². The van der Waals surface area contributed by atoms with Crippen LogP contribution >= 0.6 is 0 Å². The summed E-state index contributed by atoms with van der Waals surface area (Å²) in [5, 5.41) is 6.74. The van der Waals surface area contributed by atoms with Gasteiger partial charge in [-0.1, -0.05) is 35.9 Å². The van der Waals surface area contributed by atoms with Gasteiger partial charge in [-0.25, -0.2) is 0 Å². The summed E-state index contributed by atoms with van der Waals surface area (Å²) in [5.41, 5.74) is 1.26. The number of nitrogens with one attached hydrogen (secondary N) is 1. The van der Waals surface area contributed by atoms with Crippen molar-refractivity contribution in [2.75, 3.05) is 5.32 Å². The minimum absolute atomic E-state index is 0.0760. The summed E-state index contributed by atoms with van der Waals surface area (Å²) in [6, 6.07) is 13.8. The fraction of sp³-hybridized carbons (Fsp3) is 0.158. The molecule has 1 heterocycles. The topological polar surface area (TPSA) is 46.9 Å². The first-order valence-electron chi connectivity index (χ1n) is 7.89.